The van der Waals surface area contributed by atoms with Gasteiger partial charge in [0.05, 0.1) is 12.1 Å². The number of aryl methyl sites for hydroxylation is 1. The number of hydrogen-bond acceptors (Lipinski definition) is 4. The molecule has 2 heterocycles. The first-order chi connectivity index (χ1) is 13.0. The first-order valence-corrected chi connectivity index (χ1v) is 9.96. The number of H-pyrrole nitrogens is 1. The Bertz CT molecular complexity index is 1230. The number of pyridine rings is 1. The molecule has 0 spiro atoms. The highest BCUT2D eigenvalue weighted by Crippen LogP contribution is 2.39. The maximum atomic E-state index is 12.5. The van der Waals surface area contributed by atoms with E-state index < -0.39 is 0 Å². The fourth-order valence-corrected chi connectivity index (χ4v) is 4.76. The van der Waals surface area contributed by atoms with Gasteiger partial charge in [-0.05, 0) is 65.2 Å². The van der Waals surface area contributed by atoms with E-state index in [9.17, 15) is 9.90 Å². The monoisotopic (exact) mass is 398 g/mol. The number of aromatic amines is 1. The summed E-state index contributed by atoms with van der Waals surface area (Å²) in [5, 5.41) is 14.4. The van der Waals surface area contributed by atoms with E-state index in [4.69, 9.17) is 17.3 Å². The average molecular weight is 399 g/mol. The summed E-state index contributed by atoms with van der Waals surface area (Å²) in [6.45, 7) is 2.38. The molecule has 0 amide bonds. The summed E-state index contributed by atoms with van der Waals surface area (Å²) in [5.41, 5.74) is 10.9. The van der Waals surface area contributed by atoms with Gasteiger partial charge in [0.15, 0.2) is 0 Å². The van der Waals surface area contributed by atoms with E-state index in [2.05, 4.69) is 4.98 Å². The van der Waals surface area contributed by atoms with Gasteiger partial charge < -0.3 is 15.8 Å². The Labute approximate surface area is 165 Å². The van der Waals surface area contributed by atoms with E-state index in [1.807, 2.05) is 42.6 Å². The van der Waals surface area contributed by atoms with E-state index >= 15 is 0 Å². The van der Waals surface area contributed by atoms with Crippen LogP contribution in [0.3, 0.4) is 0 Å². The molecule has 0 aliphatic carbocycles. The molecular formula is C21H19ClN2O2S. The molecule has 4 N–H and O–H groups in total. The molecule has 2 aromatic carbocycles. The van der Waals surface area contributed by atoms with Crippen molar-refractivity contribution in [1.82, 2.24) is 4.98 Å². The molecule has 0 atom stereocenters. The minimum atomic E-state index is -0.0982. The molecule has 0 saturated heterocycles. The predicted octanol–water partition coefficient (Wildman–Crippen LogP) is 4.37. The number of benzene rings is 2. The van der Waals surface area contributed by atoms with Crippen molar-refractivity contribution in [2.24, 2.45) is 5.73 Å². The van der Waals surface area contributed by atoms with Crippen LogP contribution < -0.4 is 11.3 Å². The van der Waals surface area contributed by atoms with Crippen molar-refractivity contribution in [1.29, 1.82) is 0 Å². The number of aromatic nitrogens is 1. The molecule has 4 rings (SSSR count). The number of hydrogen-bond donors (Lipinski definition) is 3. The SMILES string of the molecule is Cc1cc(CO)c(-c2ccc(CCN)c(Cl)c2)c2c1[nH]c(=O)c1sccc12. The van der Waals surface area contributed by atoms with Gasteiger partial charge in [-0.2, -0.15) is 0 Å². The number of aliphatic hydroxyl groups is 1. The zero-order chi connectivity index (χ0) is 19.1. The second-order valence-electron chi connectivity index (χ2n) is 6.60. The predicted molar refractivity (Wildman–Crippen MR) is 114 cm³/mol. The summed E-state index contributed by atoms with van der Waals surface area (Å²) in [4.78, 5) is 15.5. The van der Waals surface area contributed by atoms with E-state index in [-0.39, 0.29) is 12.2 Å². The van der Waals surface area contributed by atoms with Crippen LogP contribution in [0.5, 0.6) is 0 Å². The van der Waals surface area contributed by atoms with Gasteiger partial charge in [0.25, 0.3) is 5.56 Å². The number of rotatable bonds is 4. The van der Waals surface area contributed by atoms with Crippen LogP contribution in [0.1, 0.15) is 16.7 Å². The Kier molecular flexibility index (Phi) is 4.78. The Morgan fingerprint density at radius 3 is 2.74 bits per heavy atom. The van der Waals surface area contributed by atoms with Crippen LogP contribution in [0.2, 0.25) is 5.02 Å². The third kappa shape index (κ3) is 2.97. The topological polar surface area (TPSA) is 79.1 Å². The maximum absolute atomic E-state index is 12.5. The van der Waals surface area contributed by atoms with Crippen LogP contribution in [-0.2, 0) is 13.0 Å². The van der Waals surface area contributed by atoms with Gasteiger partial charge in [0.1, 0.15) is 4.70 Å². The fraction of sp³-hybridized carbons (Fsp3) is 0.190. The van der Waals surface area contributed by atoms with Crippen molar-refractivity contribution >= 4 is 43.9 Å². The number of aliphatic hydroxyl groups excluding tert-OH is 1. The Morgan fingerprint density at radius 1 is 1.22 bits per heavy atom. The molecule has 4 aromatic rings. The Balaban J connectivity index is 2.13. The lowest BCUT2D eigenvalue weighted by molar-refractivity contribution is 0.282. The smallest absolute Gasteiger partial charge is 0.266 e. The van der Waals surface area contributed by atoms with Crippen LogP contribution in [0.25, 0.3) is 32.1 Å². The molecule has 4 nitrogen and oxygen atoms in total. The number of thiophene rings is 1. The van der Waals surface area contributed by atoms with E-state index in [1.54, 1.807) is 0 Å². The number of nitrogens with one attached hydrogen (secondary N) is 1. The quantitative estimate of drug-likeness (QED) is 0.477. The van der Waals surface area contributed by atoms with Crippen molar-refractivity contribution < 1.29 is 5.11 Å². The normalized spacial score (nSPS) is 11.6. The van der Waals surface area contributed by atoms with Gasteiger partial charge in [-0.15, -0.1) is 11.3 Å². The lowest BCUT2D eigenvalue weighted by Gasteiger charge is -2.16. The minimum Gasteiger partial charge on any atom is -0.392 e. The van der Waals surface area contributed by atoms with Gasteiger partial charge in [0, 0.05) is 15.8 Å². The van der Waals surface area contributed by atoms with Gasteiger partial charge in [-0.1, -0.05) is 29.8 Å². The second kappa shape index (κ2) is 7.09. The highest BCUT2D eigenvalue weighted by Gasteiger charge is 2.18. The third-order valence-corrected chi connectivity index (χ3v) is 6.18. The third-order valence-electron chi connectivity index (χ3n) is 4.91. The average Bonchev–Trinajstić information content (AvgIpc) is 3.15. The molecule has 27 heavy (non-hydrogen) atoms. The van der Waals surface area contributed by atoms with Crippen LogP contribution in [0.4, 0.5) is 0 Å². The van der Waals surface area contributed by atoms with Crippen LogP contribution in [0.15, 0.2) is 40.5 Å². The highest BCUT2D eigenvalue weighted by molar-refractivity contribution is 7.17. The summed E-state index contributed by atoms with van der Waals surface area (Å²) >= 11 is 7.90. The fourth-order valence-electron chi connectivity index (χ4n) is 3.69. The van der Waals surface area contributed by atoms with E-state index in [1.165, 1.54) is 11.3 Å². The molecule has 0 bridgehead atoms. The number of fused-ring (bicyclic) bond motifs is 3. The van der Waals surface area contributed by atoms with Gasteiger partial charge in [-0.3, -0.25) is 4.79 Å². The first kappa shape index (κ1) is 18.2. The lowest BCUT2D eigenvalue weighted by atomic mass is 9.91. The molecule has 2 aromatic heterocycles. The summed E-state index contributed by atoms with van der Waals surface area (Å²) < 4.78 is 0.684. The molecule has 0 radical (unpaired) electrons. The molecule has 138 valence electrons. The second-order valence-corrected chi connectivity index (χ2v) is 7.92. The summed E-state index contributed by atoms with van der Waals surface area (Å²) in [6, 6.07) is 9.79. The zero-order valence-electron chi connectivity index (χ0n) is 14.8. The van der Waals surface area contributed by atoms with Crippen LogP contribution >= 0.6 is 22.9 Å². The molecule has 0 fully saturated rings. The van der Waals surface area contributed by atoms with Gasteiger partial charge in [-0.25, -0.2) is 0 Å². The van der Waals surface area contributed by atoms with E-state index in [0.29, 0.717) is 22.7 Å². The van der Waals surface area contributed by atoms with Crippen LogP contribution in [0, 0.1) is 6.92 Å². The van der Waals surface area contributed by atoms with Crippen molar-refractivity contribution in [3.8, 4) is 11.1 Å². The van der Waals surface area contributed by atoms with Crippen molar-refractivity contribution in [3.63, 3.8) is 0 Å². The summed E-state index contributed by atoms with van der Waals surface area (Å²) in [5.74, 6) is 0. The van der Waals surface area contributed by atoms with Gasteiger partial charge >= 0.3 is 0 Å². The molecule has 0 unspecified atom stereocenters. The molecule has 0 aliphatic heterocycles. The maximum Gasteiger partial charge on any atom is 0.266 e. The summed E-state index contributed by atoms with van der Waals surface area (Å²) in [6.07, 6.45) is 0.711. The molecule has 6 heteroatoms. The van der Waals surface area contributed by atoms with Crippen molar-refractivity contribution in [3.05, 3.63) is 67.8 Å². The summed E-state index contributed by atoms with van der Waals surface area (Å²) in [7, 11) is 0. The van der Waals surface area contributed by atoms with Crippen molar-refractivity contribution in [2.45, 2.75) is 20.0 Å². The number of nitrogens with two attached hydrogens (primary N) is 1. The number of halogens is 1. The molecule has 0 aliphatic rings. The standard InChI is InChI=1S/C21H19ClN2O2S/c1-11-8-14(10-25)17(13-3-2-12(4-6-23)16(22)9-13)18-15-5-7-27-20(15)21(26)24-19(11)18/h2-3,5,7-9,25H,4,6,10,23H2,1H3,(H,24,26). The van der Waals surface area contributed by atoms with Crippen molar-refractivity contribution in [2.75, 3.05) is 6.54 Å². The van der Waals surface area contributed by atoms with Crippen LogP contribution in [-0.4, -0.2) is 16.6 Å². The minimum absolute atomic E-state index is 0.0883. The lowest BCUT2D eigenvalue weighted by Crippen LogP contribution is -2.07. The zero-order valence-corrected chi connectivity index (χ0v) is 16.4. The molecule has 0 saturated carbocycles. The highest BCUT2D eigenvalue weighted by atomic mass is 35.5. The Hall–Kier alpha value is -2.18. The van der Waals surface area contributed by atoms with Gasteiger partial charge in [0.2, 0.25) is 0 Å². The molecular weight excluding hydrogens is 380 g/mol. The van der Waals surface area contributed by atoms with E-state index in [0.717, 1.165) is 44.1 Å². The largest absolute Gasteiger partial charge is 0.392 e. The first-order valence-electron chi connectivity index (χ1n) is 8.70. The Morgan fingerprint density at radius 2 is 2.04 bits per heavy atom.